The van der Waals surface area contributed by atoms with Gasteiger partial charge < -0.3 is 18.8 Å². The number of halogens is 4. The number of nitrogens with zero attached hydrogens (tertiary/aromatic N) is 4. The monoisotopic (exact) mass is 490 g/mol. The molecule has 2 aliphatic rings. The van der Waals surface area contributed by atoms with Crippen molar-refractivity contribution >= 4 is 5.91 Å². The summed E-state index contributed by atoms with van der Waals surface area (Å²) in [6.07, 6.45) is -0.556. The minimum Gasteiger partial charge on any atom is -0.488 e. The summed E-state index contributed by atoms with van der Waals surface area (Å²) in [6.45, 7) is 2.27. The van der Waals surface area contributed by atoms with Crippen LogP contribution < -0.4 is 10.3 Å². The summed E-state index contributed by atoms with van der Waals surface area (Å²) in [6, 6.07) is 4.98. The number of hydrogen-bond donors (Lipinski definition) is 0. The van der Waals surface area contributed by atoms with E-state index in [1.54, 1.807) is 34.7 Å². The van der Waals surface area contributed by atoms with E-state index < -0.39 is 35.5 Å². The molecule has 0 spiro atoms. The third-order valence-corrected chi connectivity index (χ3v) is 6.53. The molecule has 2 aromatic heterocycles. The van der Waals surface area contributed by atoms with Gasteiger partial charge in [-0.2, -0.15) is 13.2 Å². The van der Waals surface area contributed by atoms with E-state index in [1.165, 1.54) is 10.9 Å². The number of rotatable bonds is 4. The second kappa shape index (κ2) is 8.54. The average Bonchev–Trinajstić information content (AvgIpc) is 3.44. The smallest absolute Gasteiger partial charge is 0.420 e. The zero-order valence-corrected chi connectivity index (χ0v) is 18.8. The van der Waals surface area contributed by atoms with Gasteiger partial charge in [-0.1, -0.05) is 0 Å². The number of aryl methyl sites for hydroxylation is 1. The first-order chi connectivity index (χ1) is 16.6. The Balaban J connectivity index is 1.41. The van der Waals surface area contributed by atoms with Gasteiger partial charge in [0, 0.05) is 19.3 Å². The van der Waals surface area contributed by atoms with Crippen molar-refractivity contribution in [2.45, 2.75) is 51.1 Å². The largest absolute Gasteiger partial charge is 0.488 e. The van der Waals surface area contributed by atoms with Crippen LogP contribution >= 0.6 is 0 Å². The van der Waals surface area contributed by atoms with Crippen LogP contribution in [0.1, 0.15) is 41.0 Å². The van der Waals surface area contributed by atoms with E-state index in [1.807, 2.05) is 0 Å². The number of aromatic nitrogens is 3. The number of ether oxygens (including phenoxy) is 1. The van der Waals surface area contributed by atoms with E-state index in [0.717, 1.165) is 17.8 Å². The van der Waals surface area contributed by atoms with Crippen LogP contribution in [0.2, 0.25) is 0 Å². The van der Waals surface area contributed by atoms with Gasteiger partial charge in [0.05, 0.1) is 18.1 Å². The predicted octanol–water partition coefficient (Wildman–Crippen LogP) is 3.96. The molecule has 0 radical (unpaired) electrons. The Hall–Kier alpha value is -3.63. The quantitative estimate of drug-likeness (QED) is 0.520. The normalized spacial score (nSPS) is 20.3. The van der Waals surface area contributed by atoms with Crippen molar-refractivity contribution in [3.8, 4) is 11.4 Å². The molecule has 1 aromatic carbocycles. The maximum Gasteiger partial charge on any atom is 0.420 e. The molecule has 0 saturated heterocycles. The van der Waals surface area contributed by atoms with Gasteiger partial charge in [-0.15, -0.1) is 0 Å². The van der Waals surface area contributed by atoms with Crippen LogP contribution in [0.4, 0.5) is 17.6 Å². The summed E-state index contributed by atoms with van der Waals surface area (Å²) in [5, 5.41) is 0. The molecule has 11 heteroatoms. The van der Waals surface area contributed by atoms with Crippen molar-refractivity contribution in [2.75, 3.05) is 6.54 Å². The minimum absolute atomic E-state index is 0.213. The van der Waals surface area contributed by atoms with Crippen molar-refractivity contribution in [1.82, 2.24) is 19.0 Å². The molecule has 3 aromatic rings. The van der Waals surface area contributed by atoms with E-state index in [9.17, 15) is 27.2 Å². The fourth-order valence-corrected chi connectivity index (χ4v) is 4.89. The van der Waals surface area contributed by atoms with Gasteiger partial charge in [0.1, 0.15) is 34.6 Å². The average molecular weight is 490 g/mol. The van der Waals surface area contributed by atoms with Gasteiger partial charge in [0.2, 0.25) is 0 Å². The summed E-state index contributed by atoms with van der Waals surface area (Å²) in [7, 11) is 0. The summed E-state index contributed by atoms with van der Waals surface area (Å²) < 4.78 is 62.5. The van der Waals surface area contributed by atoms with E-state index in [-0.39, 0.29) is 30.2 Å². The van der Waals surface area contributed by atoms with Crippen LogP contribution in [-0.2, 0) is 12.7 Å². The van der Waals surface area contributed by atoms with Crippen molar-refractivity contribution < 1.29 is 27.1 Å². The third kappa shape index (κ3) is 4.19. The number of carbonyl (C=O) groups excluding carboxylic acids is 1. The van der Waals surface area contributed by atoms with Crippen LogP contribution in [0.5, 0.6) is 5.75 Å². The lowest BCUT2D eigenvalue weighted by atomic mass is 10.1. The van der Waals surface area contributed by atoms with E-state index in [0.29, 0.717) is 31.0 Å². The number of amides is 1. The van der Waals surface area contributed by atoms with Crippen LogP contribution in [0.15, 0.2) is 47.7 Å². The molecular weight excluding hydrogens is 468 g/mol. The molecule has 1 fully saturated rings. The highest BCUT2D eigenvalue weighted by atomic mass is 19.4. The van der Waals surface area contributed by atoms with Gasteiger partial charge in [-0.25, -0.2) is 9.37 Å². The molecule has 1 aliphatic carbocycles. The summed E-state index contributed by atoms with van der Waals surface area (Å²) in [4.78, 5) is 32.1. The van der Waals surface area contributed by atoms with Crippen molar-refractivity contribution in [3.05, 3.63) is 76.0 Å². The maximum atomic E-state index is 13.5. The van der Waals surface area contributed by atoms with Gasteiger partial charge in [0.25, 0.3) is 11.5 Å². The molecule has 7 nitrogen and oxygen atoms in total. The standard InChI is InChI=1S/C24H22F4N4O3/c1-14-12-30(13-29-14)18-6-7-19-23(34)31(9-10-32(19)22(18)33)17-3-2-4-21(17)35-20-8-5-15(25)11-16(20)24(26,27)28/h5-8,11-13,17,21H,2-4,9-10H2,1H3/t17-,21+/m0/s1. The highest BCUT2D eigenvalue weighted by molar-refractivity contribution is 5.93. The lowest BCUT2D eigenvalue weighted by molar-refractivity contribution is -0.139. The van der Waals surface area contributed by atoms with Crippen LogP contribution in [-0.4, -0.2) is 43.6 Å². The summed E-state index contributed by atoms with van der Waals surface area (Å²) >= 11 is 0. The first kappa shape index (κ1) is 23.1. The van der Waals surface area contributed by atoms with Crippen molar-refractivity contribution in [3.63, 3.8) is 0 Å². The molecule has 35 heavy (non-hydrogen) atoms. The number of pyridine rings is 1. The summed E-state index contributed by atoms with van der Waals surface area (Å²) in [5.74, 6) is -1.85. The number of carbonyl (C=O) groups is 1. The van der Waals surface area contributed by atoms with Gasteiger partial charge in [-0.05, 0) is 56.5 Å². The van der Waals surface area contributed by atoms with Gasteiger partial charge in [0.15, 0.2) is 0 Å². The van der Waals surface area contributed by atoms with E-state index >= 15 is 0 Å². The maximum absolute atomic E-state index is 13.5. The molecule has 5 rings (SSSR count). The Kier molecular flexibility index (Phi) is 5.65. The Morgan fingerprint density at radius 1 is 1.09 bits per heavy atom. The molecule has 2 atom stereocenters. The number of imidazole rings is 1. The Morgan fingerprint density at radius 2 is 1.89 bits per heavy atom. The topological polar surface area (TPSA) is 69.4 Å². The molecule has 1 aliphatic heterocycles. The Labute approximate surface area is 197 Å². The number of hydrogen-bond acceptors (Lipinski definition) is 4. The second-order valence-electron chi connectivity index (χ2n) is 8.77. The molecular formula is C24H22F4N4O3. The zero-order valence-electron chi connectivity index (χ0n) is 18.8. The Bertz CT molecular complexity index is 1350. The first-order valence-electron chi connectivity index (χ1n) is 11.2. The fraction of sp³-hybridized carbons (Fsp3) is 0.375. The van der Waals surface area contributed by atoms with Crippen molar-refractivity contribution in [2.24, 2.45) is 0 Å². The fourth-order valence-electron chi connectivity index (χ4n) is 4.89. The molecule has 1 amide bonds. The molecule has 0 N–H and O–H groups in total. The van der Waals surface area contributed by atoms with Crippen LogP contribution in [0.25, 0.3) is 5.69 Å². The molecule has 1 saturated carbocycles. The lowest BCUT2D eigenvalue weighted by Gasteiger charge is -2.37. The number of fused-ring (bicyclic) bond motifs is 1. The van der Waals surface area contributed by atoms with E-state index in [4.69, 9.17) is 4.74 Å². The van der Waals surface area contributed by atoms with Gasteiger partial charge >= 0.3 is 6.18 Å². The molecule has 0 bridgehead atoms. The van der Waals surface area contributed by atoms with Gasteiger partial charge in [-0.3, -0.25) is 9.59 Å². The number of alkyl halides is 3. The predicted molar refractivity (Wildman–Crippen MR) is 117 cm³/mol. The zero-order chi connectivity index (χ0) is 24.9. The Morgan fingerprint density at radius 3 is 2.60 bits per heavy atom. The van der Waals surface area contributed by atoms with Crippen LogP contribution in [0.3, 0.4) is 0 Å². The summed E-state index contributed by atoms with van der Waals surface area (Å²) in [5.41, 5.74) is -0.184. The third-order valence-electron chi connectivity index (χ3n) is 6.53. The lowest BCUT2D eigenvalue weighted by Crippen LogP contribution is -2.52. The number of benzene rings is 1. The first-order valence-corrected chi connectivity index (χ1v) is 11.2. The molecule has 0 unspecified atom stereocenters. The molecule has 3 heterocycles. The second-order valence-corrected chi connectivity index (χ2v) is 8.77. The highest BCUT2D eigenvalue weighted by Gasteiger charge is 2.41. The highest BCUT2D eigenvalue weighted by Crippen LogP contribution is 2.39. The van der Waals surface area contributed by atoms with E-state index in [2.05, 4.69) is 4.98 Å². The SMILES string of the molecule is Cc1cn(-c2ccc3n(c2=O)CCN([C@H]2CCC[C@H]2Oc2ccc(F)cc2C(F)(F)F)C3=O)cn1. The van der Waals surface area contributed by atoms with Crippen LogP contribution in [0, 0.1) is 12.7 Å². The van der Waals surface area contributed by atoms with Crippen molar-refractivity contribution in [1.29, 1.82) is 0 Å². The minimum atomic E-state index is -4.78. The molecule has 184 valence electrons.